The number of hydrogen-bond acceptors (Lipinski definition) is 3. The number of nitrogens with zero attached hydrogens (tertiary/aromatic N) is 1. The van der Waals surface area contributed by atoms with E-state index in [-0.39, 0.29) is 6.61 Å². The van der Waals surface area contributed by atoms with Gasteiger partial charge >= 0.3 is 0 Å². The van der Waals surface area contributed by atoms with Crippen molar-refractivity contribution in [1.29, 1.82) is 0 Å². The van der Waals surface area contributed by atoms with Crippen molar-refractivity contribution in [3.8, 4) is 5.88 Å². The largest absolute Gasteiger partial charge is 0.473 e. The molecular formula is C15H16ClNO2. The van der Waals surface area contributed by atoms with Gasteiger partial charge in [0.25, 0.3) is 0 Å². The number of aliphatic hydroxyl groups is 1. The molecule has 0 spiro atoms. The molecule has 0 aliphatic rings. The van der Waals surface area contributed by atoms with Gasteiger partial charge < -0.3 is 9.84 Å². The van der Waals surface area contributed by atoms with Crippen molar-refractivity contribution in [1.82, 2.24) is 4.98 Å². The van der Waals surface area contributed by atoms with E-state index >= 15 is 0 Å². The number of benzene rings is 1. The molecule has 0 saturated carbocycles. The summed E-state index contributed by atoms with van der Waals surface area (Å²) in [5, 5.41) is 10.1. The lowest BCUT2D eigenvalue weighted by Crippen LogP contribution is -2.04. The Morgan fingerprint density at radius 3 is 2.53 bits per heavy atom. The topological polar surface area (TPSA) is 42.4 Å². The van der Waals surface area contributed by atoms with Gasteiger partial charge in [0, 0.05) is 16.3 Å². The predicted octanol–water partition coefficient (Wildman–Crippen LogP) is 3.42. The summed E-state index contributed by atoms with van der Waals surface area (Å²) in [4.78, 5) is 4.33. The minimum atomic E-state index is -0.0743. The molecular weight excluding hydrogens is 262 g/mol. The molecule has 0 fully saturated rings. The van der Waals surface area contributed by atoms with Crippen molar-refractivity contribution in [3.63, 3.8) is 0 Å². The first kappa shape index (κ1) is 13.8. The smallest absolute Gasteiger partial charge is 0.219 e. The van der Waals surface area contributed by atoms with E-state index in [1.54, 1.807) is 0 Å². The zero-order valence-electron chi connectivity index (χ0n) is 11.0. The van der Waals surface area contributed by atoms with Gasteiger partial charge in [0.1, 0.15) is 6.61 Å². The maximum Gasteiger partial charge on any atom is 0.219 e. The molecule has 0 aliphatic carbocycles. The van der Waals surface area contributed by atoms with Gasteiger partial charge in [-0.2, -0.15) is 0 Å². The van der Waals surface area contributed by atoms with Crippen LogP contribution in [0.25, 0.3) is 0 Å². The van der Waals surface area contributed by atoms with Crippen LogP contribution in [0.15, 0.2) is 30.3 Å². The van der Waals surface area contributed by atoms with Crippen LogP contribution in [-0.4, -0.2) is 10.1 Å². The Kier molecular flexibility index (Phi) is 4.40. The Morgan fingerprint density at radius 2 is 1.89 bits per heavy atom. The van der Waals surface area contributed by atoms with Gasteiger partial charge in [-0.3, -0.25) is 0 Å². The molecule has 19 heavy (non-hydrogen) atoms. The zero-order valence-corrected chi connectivity index (χ0v) is 11.7. The van der Waals surface area contributed by atoms with Crippen LogP contribution >= 0.6 is 11.6 Å². The number of ether oxygens (including phenoxy) is 1. The third-order valence-electron chi connectivity index (χ3n) is 2.88. The minimum Gasteiger partial charge on any atom is -0.473 e. The molecule has 1 N–H and O–H groups in total. The second kappa shape index (κ2) is 6.04. The van der Waals surface area contributed by atoms with E-state index in [9.17, 15) is 5.11 Å². The first-order chi connectivity index (χ1) is 9.10. The van der Waals surface area contributed by atoms with Gasteiger partial charge in [-0.1, -0.05) is 23.7 Å². The predicted molar refractivity (Wildman–Crippen MR) is 75.4 cm³/mol. The van der Waals surface area contributed by atoms with Gasteiger partial charge in [0.2, 0.25) is 5.88 Å². The Bertz CT molecular complexity index is 567. The first-order valence-corrected chi connectivity index (χ1v) is 6.43. The standard InChI is InChI=1S/C15H16ClNO2/c1-10-7-11(2)17-15(14(10)8-18)19-9-12-3-5-13(16)6-4-12/h3-7,18H,8-9H2,1-2H3. The highest BCUT2D eigenvalue weighted by atomic mass is 35.5. The summed E-state index contributed by atoms with van der Waals surface area (Å²) >= 11 is 5.83. The molecule has 0 unspecified atom stereocenters. The fourth-order valence-electron chi connectivity index (χ4n) is 1.87. The molecule has 0 amide bonds. The summed E-state index contributed by atoms with van der Waals surface area (Å²) < 4.78 is 5.70. The second-order valence-electron chi connectivity index (χ2n) is 4.44. The number of aliphatic hydroxyl groups excluding tert-OH is 1. The molecule has 0 saturated heterocycles. The lowest BCUT2D eigenvalue weighted by molar-refractivity contribution is 0.251. The van der Waals surface area contributed by atoms with Crippen LogP contribution in [0.5, 0.6) is 5.88 Å². The summed E-state index contributed by atoms with van der Waals surface area (Å²) in [5.74, 6) is 0.495. The molecule has 1 aromatic carbocycles. The molecule has 1 aromatic heterocycles. The number of aromatic nitrogens is 1. The lowest BCUT2D eigenvalue weighted by atomic mass is 10.1. The summed E-state index contributed by atoms with van der Waals surface area (Å²) in [5.41, 5.74) is 3.61. The number of rotatable bonds is 4. The van der Waals surface area contributed by atoms with Crippen molar-refractivity contribution < 1.29 is 9.84 Å². The van der Waals surface area contributed by atoms with Crippen molar-refractivity contribution in [2.45, 2.75) is 27.1 Å². The minimum absolute atomic E-state index is 0.0743. The van der Waals surface area contributed by atoms with E-state index in [0.29, 0.717) is 17.5 Å². The van der Waals surface area contributed by atoms with Crippen LogP contribution in [-0.2, 0) is 13.2 Å². The van der Waals surface area contributed by atoms with E-state index in [1.165, 1.54) is 0 Å². The van der Waals surface area contributed by atoms with Gasteiger partial charge in [-0.25, -0.2) is 4.98 Å². The monoisotopic (exact) mass is 277 g/mol. The van der Waals surface area contributed by atoms with E-state index < -0.39 is 0 Å². The van der Waals surface area contributed by atoms with Crippen molar-refractivity contribution >= 4 is 11.6 Å². The zero-order chi connectivity index (χ0) is 13.8. The van der Waals surface area contributed by atoms with E-state index in [1.807, 2.05) is 44.2 Å². The summed E-state index contributed by atoms with van der Waals surface area (Å²) in [7, 11) is 0. The molecule has 0 atom stereocenters. The third kappa shape index (κ3) is 3.46. The highest BCUT2D eigenvalue weighted by molar-refractivity contribution is 6.30. The Labute approximate surface area is 117 Å². The van der Waals surface area contributed by atoms with Crippen LogP contribution in [0.2, 0.25) is 5.02 Å². The Balaban J connectivity index is 2.17. The fraction of sp³-hybridized carbons (Fsp3) is 0.267. The highest BCUT2D eigenvalue weighted by Crippen LogP contribution is 2.22. The Hall–Kier alpha value is -1.58. The molecule has 0 radical (unpaired) electrons. The first-order valence-electron chi connectivity index (χ1n) is 6.05. The maximum atomic E-state index is 9.39. The maximum absolute atomic E-state index is 9.39. The molecule has 2 rings (SSSR count). The molecule has 1 heterocycles. The van der Waals surface area contributed by atoms with E-state index in [2.05, 4.69) is 4.98 Å². The average molecular weight is 278 g/mol. The van der Waals surface area contributed by atoms with E-state index in [4.69, 9.17) is 16.3 Å². The van der Waals surface area contributed by atoms with Gasteiger partial charge in [-0.15, -0.1) is 0 Å². The summed E-state index contributed by atoms with van der Waals surface area (Å²) in [6.07, 6.45) is 0. The normalized spacial score (nSPS) is 10.5. The highest BCUT2D eigenvalue weighted by Gasteiger charge is 2.09. The van der Waals surface area contributed by atoms with Crippen LogP contribution < -0.4 is 4.74 Å². The number of hydrogen-bond donors (Lipinski definition) is 1. The van der Waals surface area contributed by atoms with Crippen molar-refractivity contribution in [3.05, 3.63) is 57.7 Å². The summed E-state index contributed by atoms with van der Waals surface area (Å²) in [6.45, 7) is 4.17. The van der Waals surface area contributed by atoms with Gasteiger partial charge in [-0.05, 0) is 43.2 Å². The van der Waals surface area contributed by atoms with Crippen molar-refractivity contribution in [2.24, 2.45) is 0 Å². The van der Waals surface area contributed by atoms with Gasteiger partial charge in [0.05, 0.1) is 6.61 Å². The second-order valence-corrected chi connectivity index (χ2v) is 4.87. The number of halogens is 1. The van der Waals surface area contributed by atoms with Crippen LogP contribution in [0.4, 0.5) is 0 Å². The van der Waals surface area contributed by atoms with Crippen molar-refractivity contribution in [2.75, 3.05) is 0 Å². The number of pyridine rings is 1. The van der Waals surface area contributed by atoms with Gasteiger partial charge in [0.15, 0.2) is 0 Å². The Morgan fingerprint density at radius 1 is 1.21 bits per heavy atom. The van der Waals surface area contributed by atoms with Crippen LogP contribution in [0.1, 0.15) is 22.4 Å². The summed E-state index contributed by atoms with van der Waals surface area (Å²) in [6, 6.07) is 9.39. The van der Waals surface area contributed by atoms with E-state index in [0.717, 1.165) is 22.4 Å². The SMILES string of the molecule is Cc1cc(C)c(CO)c(OCc2ccc(Cl)cc2)n1. The molecule has 4 heteroatoms. The molecule has 0 aliphatic heterocycles. The quantitative estimate of drug-likeness (QED) is 0.931. The molecule has 100 valence electrons. The lowest BCUT2D eigenvalue weighted by Gasteiger charge is -2.12. The third-order valence-corrected chi connectivity index (χ3v) is 3.14. The number of aryl methyl sites for hydroxylation is 2. The van der Waals surface area contributed by atoms with Crippen LogP contribution in [0.3, 0.4) is 0 Å². The average Bonchev–Trinajstić information content (AvgIpc) is 2.37. The van der Waals surface area contributed by atoms with Crippen LogP contribution in [0, 0.1) is 13.8 Å². The molecule has 0 bridgehead atoms. The molecule has 2 aromatic rings. The fourth-order valence-corrected chi connectivity index (χ4v) is 2.00. The molecule has 3 nitrogen and oxygen atoms in total.